The van der Waals surface area contributed by atoms with E-state index in [1.807, 2.05) is 0 Å². The smallest absolute Gasteiger partial charge is 0.400 e. The maximum Gasteiger partial charge on any atom is 0.432 e. The number of rotatable bonds is 4. The molecule has 1 heterocycles. The lowest BCUT2D eigenvalue weighted by atomic mass is 9.69. The van der Waals surface area contributed by atoms with Crippen LogP contribution in [-0.4, -0.2) is 28.5 Å². The number of piperidine rings is 1. The second kappa shape index (κ2) is 6.48. The first kappa shape index (κ1) is 18.3. The van der Waals surface area contributed by atoms with E-state index in [0.29, 0.717) is 0 Å². The highest BCUT2D eigenvalue weighted by Gasteiger charge is 2.48. The van der Waals surface area contributed by atoms with Gasteiger partial charge in [-0.3, -0.25) is 4.81 Å². The van der Waals surface area contributed by atoms with E-state index in [1.165, 1.54) is 19.3 Å². The van der Waals surface area contributed by atoms with E-state index in [0.717, 1.165) is 5.69 Å². The number of hydrogen-bond acceptors (Lipinski definition) is 3. The molecule has 0 saturated carbocycles. The maximum atomic E-state index is 3.80. The zero-order valence-electron chi connectivity index (χ0n) is 16.0. The SMILES string of the molecule is CC(C)(C)NB(Nc1ccccc1)N1C(C)(C)CCCC1(C)C. The van der Waals surface area contributed by atoms with Crippen molar-refractivity contribution >= 4 is 12.8 Å². The molecule has 0 aliphatic carbocycles. The van der Waals surface area contributed by atoms with E-state index in [9.17, 15) is 0 Å². The number of nitrogens with zero attached hydrogens (tertiary/aromatic N) is 1. The second-order valence-electron chi connectivity index (χ2n) is 9.16. The quantitative estimate of drug-likeness (QED) is 0.800. The monoisotopic (exact) mass is 315 g/mol. The molecule has 1 aliphatic heterocycles. The molecule has 1 aromatic rings. The Hall–Kier alpha value is -0.995. The van der Waals surface area contributed by atoms with Gasteiger partial charge in [0, 0.05) is 22.3 Å². The molecule has 0 bridgehead atoms. The van der Waals surface area contributed by atoms with Crippen molar-refractivity contribution in [2.45, 2.75) is 84.3 Å². The highest BCUT2D eigenvalue weighted by Crippen LogP contribution is 2.38. The fourth-order valence-electron chi connectivity index (χ4n) is 3.98. The van der Waals surface area contributed by atoms with Crippen molar-refractivity contribution in [1.29, 1.82) is 0 Å². The molecule has 0 amide bonds. The highest BCUT2D eigenvalue weighted by atomic mass is 15.3. The Morgan fingerprint density at radius 2 is 1.48 bits per heavy atom. The van der Waals surface area contributed by atoms with Crippen LogP contribution in [0.15, 0.2) is 30.3 Å². The van der Waals surface area contributed by atoms with Crippen molar-refractivity contribution in [3.63, 3.8) is 0 Å². The molecule has 1 aliphatic rings. The summed E-state index contributed by atoms with van der Waals surface area (Å²) < 4.78 is 0. The third-order valence-electron chi connectivity index (χ3n) is 4.79. The lowest BCUT2D eigenvalue weighted by Crippen LogP contribution is -2.73. The summed E-state index contributed by atoms with van der Waals surface area (Å²) in [7, 11) is 0.0997. The normalized spacial score (nSPS) is 21.0. The van der Waals surface area contributed by atoms with Crippen molar-refractivity contribution in [2.24, 2.45) is 0 Å². The van der Waals surface area contributed by atoms with Gasteiger partial charge in [0.1, 0.15) is 0 Å². The van der Waals surface area contributed by atoms with E-state index < -0.39 is 0 Å². The minimum atomic E-state index is 0.0378. The van der Waals surface area contributed by atoms with Crippen LogP contribution in [0, 0.1) is 0 Å². The molecule has 1 saturated heterocycles. The van der Waals surface area contributed by atoms with Gasteiger partial charge in [-0.25, -0.2) is 0 Å². The fraction of sp³-hybridized carbons (Fsp3) is 0.684. The lowest BCUT2D eigenvalue weighted by molar-refractivity contribution is 0.0459. The third kappa shape index (κ3) is 4.74. The minimum Gasteiger partial charge on any atom is -0.400 e. The number of para-hydroxylation sites is 1. The maximum absolute atomic E-state index is 3.80. The molecule has 1 aromatic carbocycles. The van der Waals surface area contributed by atoms with Gasteiger partial charge in [0.05, 0.1) is 0 Å². The van der Waals surface area contributed by atoms with Crippen LogP contribution in [0.3, 0.4) is 0 Å². The van der Waals surface area contributed by atoms with Gasteiger partial charge >= 0.3 is 7.12 Å². The van der Waals surface area contributed by atoms with Crippen LogP contribution in [0.2, 0.25) is 0 Å². The lowest BCUT2D eigenvalue weighted by Gasteiger charge is -2.56. The molecule has 128 valence electrons. The molecule has 4 heteroatoms. The summed E-state index contributed by atoms with van der Waals surface area (Å²) in [4.78, 5) is 2.64. The molecule has 0 radical (unpaired) electrons. The Labute approximate surface area is 143 Å². The molecular formula is C19H34BN3. The fourth-order valence-corrected chi connectivity index (χ4v) is 3.98. The summed E-state index contributed by atoms with van der Waals surface area (Å²) in [6.45, 7) is 16.2. The summed E-state index contributed by atoms with van der Waals surface area (Å²) in [6, 6.07) is 10.5. The van der Waals surface area contributed by atoms with Crippen molar-refractivity contribution in [3.8, 4) is 0 Å². The van der Waals surface area contributed by atoms with Gasteiger partial charge in [-0.15, -0.1) is 0 Å². The second-order valence-corrected chi connectivity index (χ2v) is 9.16. The highest BCUT2D eigenvalue weighted by molar-refractivity contribution is 6.57. The molecule has 1 fully saturated rings. The Bertz CT molecular complexity index is 489. The Kier molecular flexibility index (Phi) is 5.17. The first-order valence-corrected chi connectivity index (χ1v) is 8.90. The number of hydrogen-bond donors (Lipinski definition) is 2. The molecule has 2 rings (SSSR count). The zero-order valence-corrected chi connectivity index (χ0v) is 16.0. The van der Waals surface area contributed by atoms with Crippen molar-refractivity contribution in [3.05, 3.63) is 30.3 Å². The van der Waals surface area contributed by atoms with Crippen LogP contribution in [0.4, 0.5) is 5.69 Å². The van der Waals surface area contributed by atoms with E-state index in [-0.39, 0.29) is 23.7 Å². The van der Waals surface area contributed by atoms with Gasteiger partial charge in [0.25, 0.3) is 0 Å². The third-order valence-corrected chi connectivity index (χ3v) is 4.79. The van der Waals surface area contributed by atoms with E-state index >= 15 is 0 Å². The molecule has 0 atom stereocenters. The van der Waals surface area contributed by atoms with Crippen LogP contribution in [-0.2, 0) is 0 Å². The van der Waals surface area contributed by atoms with E-state index in [4.69, 9.17) is 0 Å². The van der Waals surface area contributed by atoms with Crippen molar-refractivity contribution in [1.82, 2.24) is 10.0 Å². The Morgan fingerprint density at radius 3 is 1.96 bits per heavy atom. The summed E-state index contributed by atoms with van der Waals surface area (Å²) in [5, 5.41) is 7.53. The zero-order chi connectivity index (χ0) is 17.3. The molecule has 2 N–H and O–H groups in total. The summed E-state index contributed by atoms with van der Waals surface area (Å²) >= 11 is 0. The predicted molar refractivity (Wildman–Crippen MR) is 103 cm³/mol. The number of benzene rings is 1. The summed E-state index contributed by atoms with van der Waals surface area (Å²) in [5.74, 6) is 0. The predicted octanol–water partition coefficient (Wildman–Crippen LogP) is 4.51. The van der Waals surface area contributed by atoms with Crippen LogP contribution in [0.25, 0.3) is 0 Å². The average Bonchev–Trinajstić information content (AvgIpc) is 2.35. The molecule has 0 unspecified atom stereocenters. The van der Waals surface area contributed by atoms with Crippen molar-refractivity contribution < 1.29 is 0 Å². The van der Waals surface area contributed by atoms with Gasteiger partial charge in [-0.05, 0) is 79.9 Å². The molecule has 23 heavy (non-hydrogen) atoms. The van der Waals surface area contributed by atoms with Gasteiger partial charge in [-0.1, -0.05) is 18.2 Å². The van der Waals surface area contributed by atoms with Crippen LogP contribution >= 0.6 is 0 Å². The topological polar surface area (TPSA) is 27.3 Å². The number of anilines is 1. The molecular weight excluding hydrogens is 281 g/mol. The average molecular weight is 315 g/mol. The van der Waals surface area contributed by atoms with Crippen LogP contribution in [0.5, 0.6) is 0 Å². The number of nitrogens with one attached hydrogen (secondary N) is 2. The van der Waals surface area contributed by atoms with Gasteiger partial charge in [0.15, 0.2) is 0 Å². The van der Waals surface area contributed by atoms with Gasteiger partial charge in [0.2, 0.25) is 0 Å². The molecule has 0 spiro atoms. The Morgan fingerprint density at radius 1 is 0.957 bits per heavy atom. The summed E-state index contributed by atoms with van der Waals surface area (Å²) in [6.07, 6.45) is 3.76. The van der Waals surface area contributed by atoms with E-state index in [1.54, 1.807) is 0 Å². The summed E-state index contributed by atoms with van der Waals surface area (Å²) in [5.41, 5.74) is 1.51. The van der Waals surface area contributed by atoms with Gasteiger partial charge in [-0.2, -0.15) is 0 Å². The first-order valence-electron chi connectivity index (χ1n) is 8.90. The van der Waals surface area contributed by atoms with E-state index in [2.05, 4.69) is 94.1 Å². The molecule has 0 aromatic heterocycles. The van der Waals surface area contributed by atoms with Crippen LogP contribution < -0.4 is 10.5 Å². The van der Waals surface area contributed by atoms with Crippen LogP contribution in [0.1, 0.15) is 67.7 Å². The van der Waals surface area contributed by atoms with Gasteiger partial charge < -0.3 is 10.5 Å². The minimum absolute atomic E-state index is 0.0378. The first-order chi connectivity index (χ1) is 10.5. The largest absolute Gasteiger partial charge is 0.432 e. The standard InChI is InChI=1S/C19H34BN3/c1-17(2,3)22-20(21-16-12-9-8-10-13-16)23-18(4,5)14-11-15-19(23,6)7/h8-10,12-13,21-22H,11,14-15H2,1-7H3. The molecule has 3 nitrogen and oxygen atoms in total. The van der Waals surface area contributed by atoms with Crippen molar-refractivity contribution in [2.75, 3.05) is 5.23 Å². The Balaban J connectivity index is 2.34.